The van der Waals surface area contributed by atoms with Gasteiger partial charge in [0.1, 0.15) is 0 Å². The number of unbranched alkanes of at least 4 members (excludes halogenated alkanes) is 5. The molecular formula is C17H35NO3. The van der Waals surface area contributed by atoms with E-state index in [1.807, 2.05) is 6.08 Å². The number of hydrogen-bond acceptors (Lipinski definition) is 4. The number of aliphatic hydroxyl groups excluding tert-OH is 1. The van der Waals surface area contributed by atoms with Crippen LogP contribution in [0.4, 0.5) is 0 Å². The van der Waals surface area contributed by atoms with Gasteiger partial charge in [0.2, 0.25) is 0 Å². The van der Waals surface area contributed by atoms with Crippen molar-refractivity contribution >= 4 is 0 Å². The van der Waals surface area contributed by atoms with Crippen LogP contribution >= 0.6 is 0 Å². The normalized spacial score (nSPS) is 12.5. The van der Waals surface area contributed by atoms with Gasteiger partial charge in [-0.2, -0.15) is 0 Å². The van der Waals surface area contributed by atoms with Gasteiger partial charge >= 0.3 is 0 Å². The van der Waals surface area contributed by atoms with Crippen molar-refractivity contribution < 1.29 is 14.6 Å². The molecule has 1 unspecified atom stereocenters. The Morgan fingerprint density at radius 2 is 1.81 bits per heavy atom. The lowest BCUT2D eigenvalue weighted by Gasteiger charge is -2.12. The Bertz CT molecular complexity index is 212. The van der Waals surface area contributed by atoms with Gasteiger partial charge in [0, 0.05) is 19.7 Å². The Labute approximate surface area is 130 Å². The molecule has 0 aromatic heterocycles. The summed E-state index contributed by atoms with van der Waals surface area (Å²) in [6.45, 7) is 9.73. The van der Waals surface area contributed by atoms with Crippen molar-refractivity contribution in [1.29, 1.82) is 0 Å². The fraction of sp³-hybridized carbons (Fsp3) is 0.882. The minimum absolute atomic E-state index is 0.416. The Morgan fingerprint density at radius 3 is 2.57 bits per heavy atom. The molecule has 0 saturated heterocycles. The van der Waals surface area contributed by atoms with Gasteiger partial charge in [-0.25, -0.2) is 0 Å². The van der Waals surface area contributed by atoms with Crippen LogP contribution in [-0.4, -0.2) is 50.7 Å². The van der Waals surface area contributed by atoms with Crippen LogP contribution in [0.25, 0.3) is 0 Å². The highest BCUT2D eigenvalue weighted by Gasteiger charge is 2.03. The van der Waals surface area contributed by atoms with Crippen LogP contribution in [0.5, 0.6) is 0 Å². The molecule has 0 radical (unpaired) electrons. The Balaban J connectivity index is 3.12. The topological polar surface area (TPSA) is 50.7 Å². The van der Waals surface area contributed by atoms with E-state index in [1.165, 1.54) is 32.1 Å². The van der Waals surface area contributed by atoms with Gasteiger partial charge in [-0.1, -0.05) is 45.1 Å². The first-order chi connectivity index (χ1) is 10.3. The molecule has 0 aliphatic carbocycles. The molecule has 2 N–H and O–H groups in total. The molecule has 4 nitrogen and oxygen atoms in total. The zero-order valence-electron chi connectivity index (χ0n) is 13.8. The van der Waals surface area contributed by atoms with E-state index < -0.39 is 6.10 Å². The van der Waals surface area contributed by atoms with E-state index in [9.17, 15) is 5.11 Å². The highest BCUT2D eigenvalue weighted by Crippen LogP contribution is 2.04. The molecule has 0 heterocycles. The van der Waals surface area contributed by atoms with Crippen LogP contribution in [0.2, 0.25) is 0 Å². The van der Waals surface area contributed by atoms with Crippen molar-refractivity contribution in [3.63, 3.8) is 0 Å². The largest absolute Gasteiger partial charge is 0.389 e. The van der Waals surface area contributed by atoms with Crippen molar-refractivity contribution in [2.45, 2.75) is 58.0 Å². The molecule has 0 fully saturated rings. The molecule has 4 heteroatoms. The van der Waals surface area contributed by atoms with Crippen LogP contribution in [-0.2, 0) is 9.47 Å². The minimum atomic E-state index is -0.432. The summed E-state index contributed by atoms with van der Waals surface area (Å²) in [5.74, 6) is 0. The summed E-state index contributed by atoms with van der Waals surface area (Å²) in [6.07, 6.45) is 9.88. The summed E-state index contributed by atoms with van der Waals surface area (Å²) in [6, 6.07) is 0. The summed E-state index contributed by atoms with van der Waals surface area (Å²) >= 11 is 0. The van der Waals surface area contributed by atoms with E-state index in [0.717, 1.165) is 32.6 Å². The van der Waals surface area contributed by atoms with Crippen LogP contribution in [0.15, 0.2) is 12.7 Å². The molecule has 21 heavy (non-hydrogen) atoms. The maximum absolute atomic E-state index is 9.72. The molecule has 1 atom stereocenters. The molecule has 0 aromatic carbocycles. The van der Waals surface area contributed by atoms with Gasteiger partial charge in [0.25, 0.3) is 0 Å². The molecule has 0 spiro atoms. The average Bonchev–Trinajstić information content (AvgIpc) is 2.49. The van der Waals surface area contributed by atoms with E-state index in [4.69, 9.17) is 9.47 Å². The zero-order chi connectivity index (χ0) is 15.6. The Hall–Kier alpha value is -0.420. The number of hydrogen-bond donors (Lipinski definition) is 2. The average molecular weight is 301 g/mol. The van der Waals surface area contributed by atoms with Gasteiger partial charge < -0.3 is 19.9 Å². The summed E-state index contributed by atoms with van der Waals surface area (Å²) in [5.41, 5.74) is 0. The van der Waals surface area contributed by atoms with Crippen molar-refractivity contribution in [1.82, 2.24) is 5.32 Å². The molecule has 0 saturated carbocycles. The highest BCUT2D eigenvalue weighted by atomic mass is 16.5. The first kappa shape index (κ1) is 20.6. The van der Waals surface area contributed by atoms with Crippen LogP contribution < -0.4 is 5.32 Å². The Kier molecular flexibility index (Phi) is 17.3. The molecule has 0 bridgehead atoms. The van der Waals surface area contributed by atoms with Crippen molar-refractivity contribution in [2.75, 3.05) is 39.5 Å². The number of nitrogens with one attached hydrogen (secondary N) is 1. The van der Waals surface area contributed by atoms with Gasteiger partial charge in [-0.05, 0) is 12.8 Å². The van der Waals surface area contributed by atoms with E-state index in [2.05, 4.69) is 18.8 Å². The predicted octanol–water partition coefficient (Wildman–Crippen LogP) is 2.91. The summed E-state index contributed by atoms with van der Waals surface area (Å²) < 4.78 is 10.8. The molecular weight excluding hydrogens is 266 g/mol. The standard InChI is InChI=1S/C17H35NO3/c1-3-5-7-8-9-10-13-21-16-17(19)15-18-11-14-20-12-6-4-2/h4,17-19H,2-3,5-16H2,1H3. The number of rotatable bonds is 17. The van der Waals surface area contributed by atoms with E-state index in [1.54, 1.807) is 0 Å². The fourth-order valence-electron chi connectivity index (χ4n) is 1.94. The third kappa shape index (κ3) is 17.5. The fourth-order valence-corrected chi connectivity index (χ4v) is 1.94. The van der Waals surface area contributed by atoms with Crippen molar-refractivity contribution in [3.05, 3.63) is 12.7 Å². The first-order valence-corrected chi connectivity index (χ1v) is 8.46. The highest BCUT2D eigenvalue weighted by molar-refractivity contribution is 4.64. The number of ether oxygens (including phenoxy) is 2. The predicted molar refractivity (Wildman–Crippen MR) is 88.7 cm³/mol. The molecule has 0 aliphatic heterocycles. The SMILES string of the molecule is C=CCCOCCNCC(O)COCCCCCCCC. The monoisotopic (exact) mass is 301 g/mol. The second-order valence-corrected chi connectivity index (χ2v) is 5.39. The van der Waals surface area contributed by atoms with Crippen molar-refractivity contribution in [3.8, 4) is 0 Å². The zero-order valence-corrected chi connectivity index (χ0v) is 13.8. The lowest BCUT2D eigenvalue weighted by molar-refractivity contribution is 0.0342. The molecule has 0 aromatic rings. The first-order valence-electron chi connectivity index (χ1n) is 8.46. The van der Waals surface area contributed by atoms with Crippen LogP contribution in [0, 0.1) is 0 Å². The van der Waals surface area contributed by atoms with E-state index in [0.29, 0.717) is 19.8 Å². The Morgan fingerprint density at radius 1 is 1.05 bits per heavy atom. The summed E-state index contributed by atoms with van der Waals surface area (Å²) in [4.78, 5) is 0. The second-order valence-electron chi connectivity index (χ2n) is 5.39. The van der Waals surface area contributed by atoms with E-state index in [-0.39, 0.29) is 0 Å². The minimum Gasteiger partial charge on any atom is -0.389 e. The molecule has 126 valence electrons. The van der Waals surface area contributed by atoms with Crippen LogP contribution in [0.3, 0.4) is 0 Å². The van der Waals surface area contributed by atoms with Crippen molar-refractivity contribution in [2.24, 2.45) is 0 Å². The van der Waals surface area contributed by atoms with E-state index >= 15 is 0 Å². The summed E-state index contributed by atoms with van der Waals surface area (Å²) in [5, 5.41) is 12.9. The van der Waals surface area contributed by atoms with Gasteiger partial charge in [-0.15, -0.1) is 6.58 Å². The smallest absolute Gasteiger partial charge is 0.0897 e. The summed E-state index contributed by atoms with van der Waals surface area (Å²) in [7, 11) is 0. The van der Waals surface area contributed by atoms with Gasteiger partial charge in [0.15, 0.2) is 0 Å². The van der Waals surface area contributed by atoms with Gasteiger partial charge in [-0.3, -0.25) is 0 Å². The lowest BCUT2D eigenvalue weighted by atomic mass is 10.1. The van der Waals surface area contributed by atoms with Crippen LogP contribution in [0.1, 0.15) is 51.9 Å². The maximum atomic E-state index is 9.72. The maximum Gasteiger partial charge on any atom is 0.0897 e. The third-order valence-corrected chi connectivity index (χ3v) is 3.22. The molecule has 0 aliphatic rings. The molecule has 0 amide bonds. The quantitative estimate of drug-likeness (QED) is 0.320. The second kappa shape index (κ2) is 17.6. The van der Waals surface area contributed by atoms with Gasteiger partial charge in [0.05, 0.1) is 25.9 Å². The third-order valence-electron chi connectivity index (χ3n) is 3.22. The lowest BCUT2D eigenvalue weighted by Crippen LogP contribution is -2.32. The number of aliphatic hydroxyl groups is 1. The molecule has 0 rings (SSSR count).